The van der Waals surface area contributed by atoms with E-state index < -0.39 is 0 Å². The first-order chi connectivity index (χ1) is 54.8. The van der Waals surface area contributed by atoms with Gasteiger partial charge in [0.15, 0.2) is 0 Å². The number of likely N-dealkylation sites (N-methyl/N-ethyl adjacent to an activating group) is 2. The van der Waals surface area contributed by atoms with Crippen LogP contribution in [0.3, 0.4) is 0 Å². The van der Waals surface area contributed by atoms with Crippen molar-refractivity contribution >= 4 is 35.4 Å². The first-order valence-electron chi connectivity index (χ1n) is 46.1. The molecule has 0 bridgehead atoms. The Morgan fingerprint density at radius 1 is 0.436 bits per heavy atom. The zero-order chi connectivity index (χ0) is 86.2. The second-order valence-electron chi connectivity index (χ2n) is 43.5. The van der Waals surface area contributed by atoms with Crippen LogP contribution in [0.4, 0.5) is 0 Å². The van der Waals surface area contributed by atoms with Gasteiger partial charge in [-0.1, -0.05) is 109 Å². The van der Waals surface area contributed by atoms with E-state index in [1.165, 1.54) is 51.7 Å². The molecule has 6 amide bonds. The molecular formula is C92H170N18O7. The minimum absolute atomic E-state index is 0.0626. The number of hydrogen-bond acceptors (Lipinski definition) is 18. The molecule has 117 heavy (non-hydrogen) atoms. The van der Waals surface area contributed by atoms with Gasteiger partial charge in [0.2, 0.25) is 35.4 Å². The van der Waals surface area contributed by atoms with E-state index in [1.807, 2.05) is 33.1 Å². The summed E-state index contributed by atoms with van der Waals surface area (Å²) in [6.07, 6.45) is 20.5. The third kappa shape index (κ3) is 36.2. The zero-order valence-electron chi connectivity index (χ0n) is 78.3. The van der Waals surface area contributed by atoms with Gasteiger partial charge in [-0.2, -0.15) is 5.26 Å². The number of nitrogens with one attached hydrogen (secondary N) is 1. The maximum absolute atomic E-state index is 12.5. The molecular weight excluding hydrogens is 1470 g/mol. The monoisotopic (exact) mass is 1640 g/mol. The molecule has 10 heterocycles. The predicted molar refractivity (Wildman–Crippen MR) is 472 cm³/mol. The molecule has 0 aromatic carbocycles. The van der Waals surface area contributed by atoms with Gasteiger partial charge in [0.1, 0.15) is 0 Å². The van der Waals surface area contributed by atoms with Crippen LogP contribution in [-0.4, -0.2) is 356 Å². The Morgan fingerprint density at radius 3 is 1.26 bits per heavy atom. The summed E-state index contributed by atoms with van der Waals surface area (Å²) in [6.45, 7) is 66.6. The van der Waals surface area contributed by atoms with E-state index in [9.17, 15) is 28.8 Å². The predicted octanol–water partition coefficient (Wildman–Crippen LogP) is 10.4. The summed E-state index contributed by atoms with van der Waals surface area (Å²) in [5.74, 6) is 4.05. The van der Waals surface area contributed by atoms with Gasteiger partial charge in [-0.3, -0.25) is 53.3 Å². The standard InChI is InChI=1S/C22H42N4O2.C21H40N4O2.C17H29N3O.C16H28N4O.C16H31N3O/c1-17-14-26(16-21(28)23(6)7)18(2)13-25(17)15-19-8-10-24(11-9-19)20(27)12-22(3,4)5;1-17-14-23(11-12-25(17)16-20(27)22(5)6)15-18-7-9-24(10-8-18)19(26)13-21(2,3)4;1-17(2,3)12-16(21)20-10-8-19(9-11-20)15-6-4-14(13-18)5-7-15;1-16(2,3)10-13-11-20(18-17-13)14-4-7-19(8-5-14)15-6-9-21-12-15;1-16(2,3)12-15(20)19-8-4-14(5-9-19)13-18-10-6-17-7-11-18/h17-19H,8-16H2,1-7H3;17-18H,7-16H2,1-6H3;14-15H,4-12H2,1-3H3;11,14-15H,4-10,12H2,1-3H3;14,17H,4-13H2,1-3H3/t17-,18+;17-;;;/m01.../s1. The Balaban J connectivity index is 0.000000203. The average molecular weight is 1640 g/mol. The zero-order valence-corrected chi connectivity index (χ0v) is 78.3. The Labute approximate surface area is 711 Å². The number of nitriles is 1. The van der Waals surface area contributed by atoms with Crippen LogP contribution in [0.25, 0.3) is 0 Å². The van der Waals surface area contributed by atoms with Gasteiger partial charge in [-0.05, 0) is 155 Å². The molecule has 25 nitrogen and oxygen atoms in total. The van der Waals surface area contributed by atoms with Gasteiger partial charge in [0.05, 0.1) is 37.5 Å². The number of carbonyl (C=O) groups is 6. The molecule has 1 saturated carbocycles. The number of rotatable bonds is 18. The fourth-order valence-corrected chi connectivity index (χ4v) is 18.5. The van der Waals surface area contributed by atoms with Crippen molar-refractivity contribution in [3.8, 4) is 6.07 Å². The molecule has 9 aliphatic heterocycles. The largest absolute Gasteiger partial charge is 0.380 e. The molecule has 1 aromatic heterocycles. The first kappa shape index (κ1) is 99.2. The number of nitrogens with zero attached hydrogens (tertiary/aromatic N) is 17. The molecule has 670 valence electrons. The summed E-state index contributed by atoms with van der Waals surface area (Å²) in [5, 5.41) is 21.1. The molecule has 11 rings (SSSR count). The highest BCUT2D eigenvalue weighted by Gasteiger charge is 2.38. The van der Waals surface area contributed by atoms with Crippen molar-refractivity contribution in [3.63, 3.8) is 0 Å². The van der Waals surface area contributed by atoms with E-state index in [0.717, 1.165) is 220 Å². The van der Waals surface area contributed by atoms with Crippen molar-refractivity contribution in [2.75, 3.05) is 212 Å². The van der Waals surface area contributed by atoms with E-state index in [4.69, 9.17) is 10.00 Å². The van der Waals surface area contributed by atoms with Crippen LogP contribution in [-0.2, 0) is 39.9 Å². The quantitative estimate of drug-likeness (QED) is 0.144. The van der Waals surface area contributed by atoms with Crippen LogP contribution in [0.2, 0.25) is 0 Å². The number of piperidine rings is 4. The minimum Gasteiger partial charge on any atom is -0.380 e. The lowest BCUT2D eigenvalue weighted by Crippen LogP contribution is -2.59. The lowest BCUT2D eigenvalue weighted by atomic mass is 9.86. The summed E-state index contributed by atoms with van der Waals surface area (Å²) in [7, 11) is 7.29. The first-order valence-corrected chi connectivity index (χ1v) is 46.1. The van der Waals surface area contributed by atoms with Crippen molar-refractivity contribution < 1.29 is 33.5 Å². The summed E-state index contributed by atoms with van der Waals surface area (Å²) in [4.78, 5) is 102. The molecule has 10 fully saturated rings. The second kappa shape index (κ2) is 46.5. The van der Waals surface area contributed by atoms with Gasteiger partial charge in [-0.25, -0.2) is 4.68 Å². The molecule has 9 saturated heterocycles. The third-order valence-corrected chi connectivity index (χ3v) is 25.8. The number of aromatic nitrogens is 3. The number of hydrogen-bond donors (Lipinski definition) is 1. The third-order valence-electron chi connectivity index (χ3n) is 25.8. The SMILES string of the molecule is CC(C)(C)CC(=O)N1CCC(CN2CCNCC2)CC1.CC(C)(C)CC(=O)N1CCN(C2CCC(C#N)CC2)CC1.CC(C)(C)Cc1cn(C2CCN(C3CCOC3)CC2)nn1.C[C@@H]1CN(CC2CCN(C(=O)CC(C)(C)C)CC2)CCN1CC(=O)N(C)C.C[C@@H]1CN(CC2CCN(C(=O)CC(C)(C)C)CC2)[C@@H](C)CN1CC(=O)N(C)C. The van der Waals surface area contributed by atoms with Crippen molar-refractivity contribution in [2.24, 2.45) is 50.7 Å². The maximum Gasteiger partial charge on any atom is 0.236 e. The van der Waals surface area contributed by atoms with Crippen LogP contribution in [0, 0.1) is 62.1 Å². The van der Waals surface area contributed by atoms with Crippen molar-refractivity contribution in [1.29, 1.82) is 5.26 Å². The van der Waals surface area contributed by atoms with Gasteiger partial charge in [-0.15, -0.1) is 5.10 Å². The van der Waals surface area contributed by atoms with Gasteiger partial charge < -0.3 is 49.3 Å². The number of amides is 6. The van der Waals surface area contributed by atoms with E-state index in [0.29, 0.717) is 110 Å². The summed E-state index contributed by atoms with van der Waals surface area (Å²) < 4.78 is 7.60. The fraction of sp³-hybridized carbons (Fsp3) is 0.902. The second-order valence-corrected chi connectivity index (χ2v) is 43.5. The Kier molecular flexibility index (Phi) is 39.5. The molecule has 1 aromatic rings. The van der Waals surface area contributed by atoms with Crippen molar-refractivity contribution in [2.45, 2.75) is 276 Å². The van der Waals surface area contributed by atoms with Crippen LogP contribution in [0.1, 0.15) is 246 Å². The summed E-state index contributed by atoms with van der Waals surface area (Å²) >= 11 is 0. The normalized spacial score (nSPS) is 25.2. The number of ether oxygens (including phenoxy) is 1. The molecule has 25 heteroatoms. The summed E-state index contributed by atoms with van der Waals surface area (Å²) in [6, 6.07) is 5.48. The fourth-order valence-electron chi connectivity index (χ4n) is 18.5. The van der Waals surface area contributed by atoms with Crippen LogP contribution in [0.15, 0.2) is 6.20 Å². The smallest absolute Gasteiger partial charge is 0.236 e. The minimum atomic E-state index is 0.0626. The van der Waals surface area contributed by atoms with Crippen LogP contribution >= 0.6 is 0 Å². The number of carbonyl (C=O) groups excluding carboxylic acids is 6. The highest BCUT2D eigenvalue weighted by atomic mass is 16.5. The molecule has 1 N–H and O–H groups in total. The average Bonchev–Trinajstić information content (AvgIpc) is 1.44. The Morgan fingerprint density at radius 2 is 0.846 bits per heavy atom. The maximum atomic E-state index is 12.5. The Bertz CT molecular complexity index is 3160. The van der Waals surface area contributed by atoms with E-state index >= 15 is 0 Å². The highest BCUT2D eigenvalue weighted by Crippen LogP contribution is 2.33. The van der Waals surface area contributed by atoms with Crippen LogP contribution in [0.5, 0.6) is 0 Å². The van der Waals surface area contributed by atoms with Gasteiger partial charge in [0.25, 0.3) is 0 Å². The van der Waals surface area contributed by atoms with Gasteiger partial charge in [0, 0.05) is 260 Å². The molecule has 4 atom stereocenters. The molecule has 1 unspecified atom stereocenters. The van der Waals surface area contributed by atoms with E-state index in [1.54, 1.807) is 9.80 Å². The molecule has 10 aliphatic rings. The summed E-state index contributed by atoms with van der Waals surface area (Å²) in [5.41, 5.74) is 1.70. The Hall–Kier alpha value is -4.91. The number of likely N-dealkylation sites (tertiary alicyclic amines) is 4. The van der Waals surface area contributed by atoms with E-state index in [2.05, 4.69) is 206 Å². The molecule has 0 radical (unpaired) electrons. The topological polar surface area (TPSA) is 220 Å². The van der Waals surface area contributed by atoms with E-state index in [-0.39, 0.29) is 44.8 Å². The van der Waals surface area contributed by atoms with Crippen molar-refractivity contribution in [1.82, 2.24) is 84.0 Å². The lowest BCUT2D eigenvalue weighted by molar-refractivity contribution is -0.136. The molecule has 0 spiro atoms. The van der Waals surface area contributed by atoms with Gasteiger partial charge >= 0.3 is 0 Å². The van der Waals surface area contributed by atoms with Crippen LogP contribution < -0.4 is 5.32 Å². The highest BCUT2D eigenvalue weighted by molar-refractivity contribution is 5.79. The number of piperazine rings is 4. The van der Waals surface area contributed by atoms with Crippen molar-refractivity contribution in [3.05, 3.63) is 11.9 Å². The lowest BCUT2D eigenvalue weighted by Gasteiger charge is -2.46. The molecule has 1 aliphatic carbocycles.